The number of alkyl halides is 3. The molecular weight excluding hydrogens is 369 g/mol. The number of aromatic nitrogens is 2. The van der Waals surface area contributed by atoms with E-state index in [0.717, 1.165) is 25.5 Å². The van der Waals surface area contributed by atoms with E-state index in [1.807, 2.05) is 4.90 Å². The van der Waals surface area contributed by atoms with Gasteiger partial charge in [-0.1, -0.05) is 13.0 Å². The molecule has 0 spiro atoms. The Kier molecular flexibility index (Phi) is 4.51. The van der Waals surface area contributed by atoms with Gasteiger partial charge in [0.15, 0.2) is 5.69 Å². The number of urea groups is 1. The zero-order valence-electron chi connectivity index (χ0n) is 15.6. The molecule has 8 heteroatoms. The second kappa shape index (κ2) is 6.76. The third-order valence-electron chi connectivity index (χ3n) is 5.63. The lowest BCUT2D eigenvalue weighted by Crippen LogP contribution is -2.63. The van der Waals surface area contributed by atoms with Gasteiger partial charge < -0.3 is 10.2 Å². The summed E-state index contributed by atoms with van der Waals surface area (Å²) in [6, 6.07) is 5.23. The maximum absolute atomic E-state index is 13.3. The lowest BCUT2D eigenvalue weighted by Gasteiger charge is -2.54. The Balaban J connectivity index is 1.60. The molecule has 148 valence electrons. The number of piperidine rings is 1. The molecule has 2 aliphatic heterocycles. The Labute approximate surface area is 161 Å². The van der Waals surface area contributed by atoms with Crippen molar-refractivity contribution in [1.82, 2.24) is 14.9 Å². The summed E-state index contributed by atoms with van der Waals surface area (Å²) in [6.07, 6.45) is 0.677. The highest BCUT2D eigenvalue weighted by atomic mass is 19.4. The molecule has 4 rings (SSSR count). The van der Waals surface area contributed by atoms with Gasteiger partial charge in [0, 0.05) is 35.7 Å². The van der Waals surface area contributed by atoms with Gasteiger partial charge in [0.2, 0.25) is 0 Å². The standard InChI is InChI=1S/C20H21F3N4O/c1-11-7-14-10-15(8-11)27(14)19(28)26-13-4-3-12(2)16(9-13)17-18(20(21,22)23)25-6-5-24-17/h3-6,9,11,14-15H,7-8,10H2,1-2H3,(H,26,28). The first-order chi connectivity index (χ1) is 13.2. The zero-order chi connectivity index (χ0) is 20.1. The SMILES string of the molecule is Cc1ccc(NC(=O)N2C3CC(C)CC2C3)cc1-c1nccnc1C(F)(F)F. The summed E-state index contributed by atoms with van der Waals surface area (Å²) in [5, 5.41) is 2.84. The topological polar surface area (TPSA) is 58.1 Å². The van der Waals surface area contributed by atoms with Gasteiger partial charge in [-0.25, -0.2) is 9.78 Å². The first-order valence-corrected chi connectivity index (χ1v) is 9.32. The third-order valence-corrected chi connectivity index (χ3v) is 5.63. The van der Waals surface area contributed by atoms with E-state index >= 15 is 0 Å². The second-order valence-corrected chi connectivity index (χ2v) is 7.74. The number of nitrogens with zero attached hydrogens (tertiary/aromatic N) is 3. The van der Waals surface area contributed by atoms with Crippen LogP contribution in [0.1, 0.15) is 37.4 Å². The van der Waals surface area contributed by atoms with Gasteiger partial charge >= 0.3 is 12.2 Å². The molecule has 2 aliphatic rings. The Hall–Kier alpha value is -2.64. The van der Waals surface area contributed by atoms with Crippen LogP contribution in [0.15, 0.2) is 30.6 Å². The van der Waals surface area contributed by atoms with E-state index in [2.05, 4.69) is 22.2 Å². The monoisotopic (exact) mass is 390 g/mol. The number of fused-ring (bicyclic) bond motifs is 2. The van der Waals surface area contributed by atoms with Crippen molar-refractivity contribution in [3.05, 3.63) is 41.9 Å². The largest absolute Gasteiger partial charge is 0.435 e. The molecule has 2 unspecified atom stereocenters. The van der Waals surface area contributed by atoms with E-state index in [9.17, 15) is 18.0 Å². The Morgan fingerprint density at radius 2 is 1.82 bits per heavy atom. The number of nitrogens with one attached hydrogen (secondary N) is 1. The number of carbonyl (C=O) groups excluding carboxylic acids is 1. The highest BCUT2D eigenvalue weighted by Gasteiger charge is 2.46. The van der Waals surface area contributed by atoms with Crippen molar-refractivity contribution in [2.45, 2.75) is 51.4 Å². The summed E-state index contributed by atoms with van der Waals surface area (Å²) in [5.41, 5.74) is 0.0998. The zero-order valence-corrected chi connectivity index (χ0v) is 15.6. The van der Waals surface area contributed by atoms with E-state index in [0.29, 0.717) is 22.7 Å². The minimum atomic E-state index is -4.61. The van der Waals surface area contributed by atoms with E-state index in [-0.39, 0.29) is 23.8 Å². The molecule has 3 heterocycles. The summed E-state index contributed by atoms with van der Waals surface area (Å²) >= 11 is 0. The van der Waals surface area contributed by atoms with Gasteiger partial charge in [0.25, 0.3) is 0 Å². The Morgan fingerprint density at radius 3 is 2.50 bits per heavy atom. The average Bonchev–Trinajstić information content (AvgIpc) is 2.62. The molecule has 2 aromatic rings. The van der Waals surface area contributed by atoms with E-state index < -0.39 is 11.9 Å². The number of carbonyl (C=O) groups is 1. The van der Waals surface area contributed by atoms with Crippen LogP contribution in [0.5, 0.6) is 0 Å². The molecule has 1 N–H and O–H groups in total. The van der Waals surface area contributed by atoms with Crippen molar-refractivity contribution >= 4 is 11.7 Å². The molecule has 2 amide bonds. The third kappa shape index (κ3) is 3.31. The van der Waals surface area contributed by atoms with Gasteiger partial charge in [-0.15, -0.1) is 0 Å². The van der Waals surface area contributed by atoms with Crippen LogP contribution in [0.25, 0.3) is 11.3 Å². The smallest absolute Gasteiger partial charge is 0.318 e. The van der Waals surface area contributed by atoms with Crippen molar-refractivity contribution in [2.75, 3.05) is 5.32 Å². The molecule has 2 atom stereocenters. The highest BCUT2D eigenvalue weighted by Crippen LogP contribution is 2.41. The Morgan fingerprint density at radius 1 is 1.14 bits per heavy atom. The maximum Gasteiger partial charge on any atom is 0.435 e. The van der Waals surface area contributed by atoms with E-state index in [1.165, 1.54) is 12.3 Å². The quantitative estimate of drug-likeness (QED) is 0.795. The molecule has 2 bridgehead atoms. The van der Waals surface area contributed by atoms with Gasteiger partial charge in [-0.05, 0) is 49.8 Å². The van der Waals surface area contributed by atoms with Crippen molar-refractivity contribution in [1.29, 1.82) is 0 Å². The van der Waals surface area contributed by atoms with Crippen LogP contribution in [0.4, 0.5) is 23.7 Å². The summed E-state index contributed by atoms with van der Waals surface area (Å²) < 4.78 is 40.0. The van der Waals surface area contributed by atoms with Crippen LogP contribution in [0, 0.1) is 12.8 Å². The molecular formula is C20H21F3N4O. The lowest BCUT2D eigenvalue weighted by molar-refractivity contribution is -0.140. The summed E-state index contributed by atoms with van der Waals surface area (Å²) in [4.78, 5) is 21.9. The molecule has 0 radical (unpaired) electrons. The van der Waals surface area contributed by atoms with Crippen LogP contribution in [-0.4, -0.2) is 33.0 Å². The van der Waals surface area contributed by atoms with Crippen LogP contribution >= 0.6 is 0 Å². The number of hydrogen-bond acceptors (Lipinski definition) is 3. The molecule has 1 aromatic carbocycles. The van der Waals surface area contributed by atoms with Crippen molar-refractivity contribution < 1.29 is 18.0 Å². The minimum absolute atomic E-state index is 0.196. The lowest BCUT2D eigenvalue weighted by atomic mass is 9.74. The second-order valence-electron chi connectivity index (χ2n) is 7.74. The highest BCUT2D eigenvalue weighted by molar-refractivity contribution is 5.91. The number of anilines is 1. The maximum atomic E-state index is 13.3. The van der Waals surface area contributed by atoms with Crippen LogP contribution in [0.3, 0.4) is 0 Å². The molecule has 0 saturated carbocycles. The molecule has 2 fully saturated rings. The molecule has 28 heavy (non-hydrogen) atoms. The Bertz CT molecular complexity index is 903. The van der Waals surface area contributed by atoms with Gasteiger partial charge in [0.1, 0.15) is 5.69 Å². The van der Waals surface area contributed by atoms with Crippen LogP contribution in [-0.2, 0) is 6.18 Å². The molecule has 2 saturated heterocycles. The number of aryl methyl sites for hydroxylation is 1. The summed E-state index contributed by atoms with van der Waals surface area (Å²) in [7, 11) is 0. The van der Waals surface area contributed by atoms with Crippen LogP contribution in [0.2, 0.25) is 0 Å². The average molecular weight is 390 g/mol. The van der Waals surface area contributed by atoms with E-state index in [4.69, 9.17) is 0 Å². The van der Waals surface area contributed by atoms with Crippen LogP contribution < -0.4 is 5.32 Å². The van der Waals surface area contributed by atoms with Crippen molar-refractivity contribution in [2.24, 2.45) is 5.92 Å². The first-order valence-electron chi connectivity index (χ1n) is 9.32. The fraction of sp³-hybridized carbons (Fsp3) is 0.450. The van der Waals surface area contributed by atoms with Gasteiger partial charge in [-0.3, -0.25) is 4.98 Å². The van der Waals surface area contributed by atoms with Crippen molar-refractivity contribution in [3.8, 4) is 11.3 Å². The summed E-state index contributed by atoms with van der Waals surface area (Å²) in [5.74, 6) is 0.622. The molecule has 0 aliphatic carbocycles. The fourth-order valence-corrected chi connectivity index (χ4v) is 4.36. The number of amides is 2. The number of halogens is 3. The number of hydrogen-bond donors (Lipinski definition) is 1. The molecule has 1 aromatic heterocycles. The van der Waals surface area contributed by atoms with Crippen molar-refractivity contribution in [3.63, 3.8) is 0 Å². The van der Waals surface area contributed by atoms with Gasteiger partial charge in [0.05, 0.1) is 0 Å². The minimum Gasteiger partial charge on any atom is -0.318 e. The first kappa shape index (κ1) is 18.7. The fourth-order valence-electron chi connectivity index (χ4n) is 4.36. The molecule has 5 nitrogen and oxygen atoms in total. The van der Waals surface area contributed by atoms with E-state index in [1.54, 1.807) is 19.1 Å². The predicted molar refractivity (Wildman–Crippen MR) is 98.7 cm³/mol. The number of benzene rings is 1. The summed E-state index contributed by atoms with van der Waals surface area (Å²) in [6.45, 7) is 3.90. The predicted octanol–water partition coefficient (Wildman–Crippen LogP) is 4.88. The van der Waals surface area contributed by atoms with Gasteiger partial charge in [-0.2, -0.15) is 13.2 Å². The number of rotatable bonds is 2. The normalized spacial score (nSPS) is 23.9.